The van der Waals surface area contributed by atoms with Crippen LogP contribution in [-0.2, 0) is 9.53 Å². The Hall–Kier alpha value is -0.610. The fourth-order valence-electron chi connectivity index (χ4n) is 2.59. The van der Waals surface area contributed by atoms with Crippen LogP contribution in [0.25, 0.3) is 0 Å². The van der Waals surface area contributed by atoms with Gasteiger partial charge in [-0.15, -0.1) is 0 Å². The van der Waals surface area contributed by atoms with E-state index in [1.807, 2.05) is 0 Å². The van der Waals surface area contributed by atoms with Crippen LogP contribution in [0.1, 0.15) is 32.1 Å². The van der Waals surface area contributed by atoms with E-state index in [2.05, 4.69) is 5.32 Å². The lowest BCUT2D eigenvalue weighted by molar-refractivity contribution is -0.128. The van der Waals surface area contributed by atoms with Crippen molar-refractivity contribution in [2.75, 3.05) is 19.8 Å². The number of aliphatic hydroxyl groups is 1. The Kier molecular flexibility index (Phi) is 4.18. The third kappa shape index (κ3) is 2.95. The quantitative estimate of drug-likeness (QED) is 0.746. The highest BCUT2D eigenvalue weighted by molar-refractivity contribution is 5.78. The summed E-state index contributed by atoms with van der Waals surface area (Å²) in [5.74, 6) is 0.526. The number of rotatable bonds is 3. The number of nitrogens with one attached hydrogen (secondary N) is 1. The lowest BCUT2D eigenvalue weighted by Crippen LogP contribution is -2.38. The van der Waals surface area contributed by atoms with Crippen molar-refractivity contribution in [3.8, 4) is 0 Å². The Labute approximate surface area is 96.4 Å². The van der Waals surface area contributed by atoms with Gasteiger partial charge >= 0.3 is 0 Å². The minimum atomic E-state index is -0.213. The van der Waals surface area contributed by atoms with Crippen LogP contribution in [0, 0.1) is 11.8 Å². The van der Waals surface area contributed by atoms with Crippen LogP contribution in [0.4, 0.5) is 0 Å². The highest BCUT2D eigenvalue weighted by atomic mass is 16.5. The maximum absolute atomic E-state index is 11.8. The summed E-state index contributed by atoms with van der Waals surface area (Å²) < 4.78 is 5.22. The molecule has 1 saturated carbocycles. The van der Waals surface area contributed by atoms with Gasteiger partial charge in [0.2, 0.25) is 5.91 Å². The summed E-state index contributed by atoms with van der Waals surface area (Å²) in [6.07, 6.45) is 4.46. The Balaban J connectivity index is 1.70. The molecule has 1 amide bonds. The third-order valence-corrected chi connectivity index (χ3v) is 3.75. The fourth-order valence-corrected chi connectivity index (χ4v) is 2.59. The second kappa shape index (κ2) is 5.64. The summed E-state index contributed by atoms with van der Waals surface area (Å²) in [4.78, 5) is 11.8. The average molecular weight is 227 g/mol. The summed E-state index contributed by atoms with van der Waals surface area (Å²) >= 11 is 0. The van der Waals surface area contributed by atoms with E-state index in [-0.39, 0.29) is 23.8 Å². The molecule has 4 nitrogen and oxygen atoms in total. The molecular weight excluding hydrogens is 206 g/mol. The van der Waals surface area contributed by atoms with Crippen LogP contribution in [-0.4, -0.2) is 36.9 Å². The number of amides is 1. The van der Waals surface area contributed by atoms with Crippen LogP contribution < -0.4 is 5.32 Å². The van der Waals surface area contributed by atoms with Crippen molar-refractivity contribution in [2.24, 2.45) is 11.8 Å². The molecule has 0 radical (unpaired) electrons. The first-order chi connectivity index (χ1) is 7.77. The molecule has 16 heavy (non-hydrogen) atoms. The van der Waals surface area contributed by atoms with Crippen molar-refractivity contribution in [1.82, 2.24) is 5.32 Å². The lowest BCUT2D eigenvalue weighted by Gasteiger charge is -2.22. The van der Waals surface area contributed by atoms with Crippen LogP contribution >= 0.6 is 0 Å². The van der Waals surface area contributed by atoms with E-state index >= 15 is 0 Å². The second-order valence-electron chi connectivity index (χ2n) is 4.89. The Bertz CT molecular complexity index is 238. The maximum atomic E-state index is 11.8. The van der Waals surface area contributed by atoms with Crippen molar-refractivity contribution < 1.29 is 14.6 Å². The predicted molar refractivity (Wildman–Crippen MR) is 59.9 cm³/mol. The molecular formula is C12H21NO3. The van der Waals surface area contributed by atoms with Crippen molar-refractivity contribution in [1.29, 1.82) is 0 Å². The van der Waals surface area contributed by atoms with Gasteiger partial charge < -0.3 is 15.2 Å². The van der Waals surface area contributed by atoms with E-state index in [0.29, 0.717) is 19.8 Å². The van der Waals surface area contributed by atoms with E-state index in [1.54, 1.807) is 0 Å². The molecule has 2 N–H and O–H groups in total. The molecule has 4 heteroatoms. The van der Waals surface area contributed by atoms with Crippen molar-refractivity contribution >= 4 is 5.91 Å². The van der Waals surface area contributed by atoms with E-state index in [1.165, 1.54) is 0 Å². The first-order valence-electron chi connectivity index (χ1n) is 6.31. The molecule has 0 aromatic rings. The molecule has 1 saturated heterocycles. The summed E-state index contributed by atoms with van der Waals surface area (Å²) in [6, 6.07) is 0. The fraction of sp³-hybridized carbons (Fsp3) is 0.917. The largest absolute Gasteiger partial charge is 0.393 e. The Morgan fingerprint density at radius 3 is 2.62 bits per heavy atom. The molecule has 2 fully saturated rings. The van der Waals surface area contributed by atoms with E-state index in [0.717, 1.165) is 32.1 Å². The van der Waals surface area contributed by atoms with E-state index in [4.69, 9.17) is 4.74 Å². The van der Waals surface area contributed by atoms with Gasteiger partial charge in [0.1, 0.15) is 0 Å². The van der Waals surface area contributed by atoms with E-state index < -0.39 is 0 Å². The van der Waals surface area contributed by atoms with Crippen LogP contribution in [0.3, 0.4) is 0 Å². The van der Waals surface area contributed by atoms with Crippen molar-refractivity contribution in [3.05, 3.63) is 0 Å². The van der Waals surface area contributed by atoms with Crippen LogP contribution in [0.5, 0.6) is 0 Å². The van der Waals surface area contributed by atoms with Crippen molar-refractivity contribution in [3.63, 3.8) is 0 Å². The Morgan fingerprint density at radius 2 is 2.00 bits per heavy atom. The smallest absolute Gasteiger partial charge is 0.223 e. The van der Waals surface area contributed by atoms with Crippen LogP contribution in [0.15, 0.2) is 0 Å². The molecule has 0 aromatic carbocycles. The molecule has 2 rings (SSSR count). The molecule has 2 aliphatic rings. The zero-order valence-corrected chi connectivity index (χ0v) is 9.65. The SMILES string of the molecule is O=C(NCC1CCCC1O)C1CCOCC1. The summed E-state index contributed by atoms with van der Waals surface area (Å²) in [5, 5.41) is 12.6. The minimum Gasteiger partial charge on any atom is -0.393 e. The molecule has 0 bridgehead atoms. The topological polar surface area (TPSA) is 58.6 Å². The van der Waals surface area contributed by atoms with Gasteiger partial charge in [-0.1, -0.05) is 6.42 Å². The molecule has 2 atom stereocenters. The zero-order valence-electron chi connectivity index (χ0n) is 9.65. The molecule has 1 aliphatic carbocycles. The normalized spacial score (nSPS) is 31.6. The highest BCUT2D eigenvalue weighted by Gasteiger charge is 2.27. The van der Waals surface area contributed by atoms with Gasteiger partial charge in [0, 0.05) is 31.6 Å². The zero-order chi connectivity index (χ0) is 11.4. The molecule has 92 valence electrons. The highest BCUT2D eigenvalue weighted by Crippen LogP contribution is 2.25. The summed E-state index contributed by atoms with van der Waals surface area (Å²) in [5.41, 5.74) is 0. The molecule has 1 aliphatic heterocycles. The number of carbonyl (C=O) groups excluding carboxylic acids is 1. The maximum Gasteiger partial charge on any atom is 0.223 e. The first-order valence-corrected chi connectivity index (χ1v) is 6.31. The number of aliphatic hydroxyl groups excluding tert-OH is 1. The van der Waals surface area contributed by atoms with Crippen molar-refractivity contribution in [2.45, 2.75) is 38.2 Å². The van der Waals surface area contributed by atoms with Gasteiger partial charge in [-0.25, -0.2) is 0 Å². The van der Waals surface area contributed by atoms with Gasteiger partial charge in [-0.05, 0) is 25.7 Å². The lowest BCUT2D eigenvalue weighted by atomic mass is 9.98. The minimum absolute atomic E-state index is 0.118. The van der Waals surface area contributed by atoms with Gasteiger partial charge in [-0.2, -0.15) is 0 Å². The number of hydrogen-bond donors (Lipinski definition) is 2. The molecule has 1 heterocycles. The van der Waals surface area contributed by atoms with E-state index in [9.17, 15) is 9.90 Å². The molecule has 2 unspecified atom stereocenters. The van der Waals surface area contributed by atoms with Gasteiger partial charge in [0.15, 0.2) is 0 Å². The number of hydrogen-bond acceptors (Lipinski definition) is 3. The summed E-state index contributed by atoms with van der Waals surface area (Å²) in [7, 11) is 0. The van der Waals surface area contributed by atoms with Gasteiger partial charge in [0.05, 0.1) is 6.10 Å². The van der Waals surface area contributed by atoms with Gasteiger partial charge in [0.25, 0.3) is 0 Å². The van der Waals surface area contributed by atoms with Gasteiger partial charge in [-0.3, -0.25) is 4.79 Å². The molecule has 0 spiro atoms. The number of carbonyl (C=O) groups is 1. The predicted octanol–water partition coefficient (Wildman–Crippen LogP) is 0.690. The standard InChI is InChI=1S/C12H21NO3/c14-11-3-1-2-10(11)8-13-12(15)9-4-6-16-7-5-9/h9-11,14H,1-8H2,(H,13,15). The Morgan fingerprint density at radius 1 is 1.25 bits per heavy atom. The third-order valence-electron chi connectivity index (χ3n) is 3.75. The summed E-state index contributed by atoms with van der Waals surface area (Å²) in [6.45, 7) is 2.03. The first kappa shape index (κ1) is 11.9. The second-order valence-corrected chi connectivity index (χ2v) is 4.89. The molecule has 0 aromatic heterocycles. The van der Waals surface area contributed by atoms with Crippen LogP contribution in [0.2, 0.25) is 0 Å². The average Bonchev–Trinajstić information content (AvgIpc) is 2.73. The number of ether oxygens (including phenoxy) is 1. The monoisotopic (exact) mass is 227 g/mol.